The zero-order chi connectivity index (χ0) is 20.4. The molecule has 0 radical (unpaired) electrons. The molecule has 0 atom stereocenters. The van der Waals surface area contributed by atoms with Gasteiger partial charge >= 0.3 is 5.69 Å². The van der Waals surface area contributed by atoms with Gasteiger partial charge in [-0.05, 0) is 44.0 Å². The van der Waals surface area contributed by atoms with Crippen LogP contribution < -0.4 is 17.0 Å². The molecule has 2 N–H and O–H groups in total. The van der Waals surface area contributed by atoms with Gasteiger partial charge in [0.25, 0.3) is 5.56 Å². The van der Waals surface area contributed by atoms with E-state index in [-0.39, 0.29) is 24.6 Å². The molecule has 0 amide bonds. The van der Waals surface area contributed by atoms with Crippen LogP contribution in [0.25, 0.3) is 22.6 Å². The molecule has 2 aliphatic heterocycles. The summed E-state index contributed by atoms with van der Waals surface area (Å²) in [5.41, 5.74) is 8.20. The maximum atomic E-state index is 13.0. The van der Waals surface area contributed by atoms with Crippen LogP contribution in [0.3, 0.4) is 0 Å². The van der Waals surface area contributed by atoms with Crippen molar-refractivity contribution in [3.63, 3.8) is 0 Å². The summed E-state index contributed by atoms with van der Waals surface area (Å²) < 4.78 is 8.07. The molecule has 9 heteroatoms. The number of ether oxygens (including phenoxy) is 1. The van der Waals surface area contributed by atoms with Crippen LogP contribution in [0.5, 0.6) is 0 Å². The Balaban J connectivity index is 2.29. The maximum absolute atomic E-state index is 13.0. The van der Waals surface area contributed by atoms with Gasteiger partial charge in [-0.3, -0.25) is 14.4 Å². The molecule has 0 aliphatic carbocycles. The van der Waals surface area contributed by atoms with Gasteiger partial charge in [0, 0.05) is 13.7 Å². The Morgan fingerprint density at radius 1 is 1.14 bits per heavy atom. The third-order valence-corrected chi connectivity index (χ3v) is 4.67. The topological polar surface area (TPSA) is 117 Å². The van der Waals surface area contributed by atoms with E-state index in [1.165, 1.54) is 0 Å². The molecule has 148 valence electrons. The van der Waals surface area contributed by atoms with Crippen LogP contribution in [0.4, 0.5) is 0 Å². The van der Waals surface area contributed by atoms with Crippen molar-refractivity contribution in [3.8, 4) is 11.5 Å². The van der Waals surface area contributed by atoms with Crippen LogP contribution in [-0.4, -0.2) is 45.2 Å². The maximum Gasteiger partial charge on any atom is 0.352 e. The molecule has 28 heavy (non-hydrogen) atoms. The normalized spacial score (nSPS) is 12.2. The Morgan fingerprint density at radius 2 is 1.86 bits per heavy atom. The number of nitrogens with two attached hydrogens (primary N) is 1. The largest absolute Gasteiger partial charge is 0.388 e. The van der Waals surface area contributed by atoms with Gasteiger partial charge in [-0.2, -0.15) is 4.98 Å². The Hall–Kier alpha value is -3.07. The van der Waals surface area contributed by atoms with Crippen LogP contribution in [-0.2, 0) is 17.8 Å². The van der Waals surface area contributed by atoms with Gasteiger partial charge in [-0.25, -0.2) is 9.78 Å². The van der Waals surface area contributed by atoms with Crippen LogP contribution in [0, 0.1) is 13.8 Å². The Kier molecular flexibility index (Phi) is 5.55. The van der Waals surface area contributed by atoms with E-state index >= 15 is 0 Å². The first-order valence-electron chi connectivity index (χ1n) is 9.01. The van der Waals surface area contributed by atoms with Gasteiger partial charge in [-0.1, -0.05) is 0 Å². The van der Waals surface area contributed by atoms with Crippen molar-refractivity contribution in [3.05, 3.63) is 44.1 Å². The third kappa shape index (κ3) is 3.65. The number of benzene rings is 1. The second kappa shape index (κ2) is 7.89. The fourth-order valence-electron chi connectivity index (χ4n) is 3.06. The first-order valence-corrected chi connectivity index (χ1v) is 9.01. The van der Waals surface area contributed by atoms with Crippen molar-refractivity contribution in [2.24, 2.45) is 10.7 Å². The molecule has 3 rings (SSSR count). The van der Waals surface area contributed by atoms with Crippen molar-refractivity contribution in [1.29, 1.82) is 0 Å². The van der Waals surface area contributed by atoms with E-state index in [0.717, 1.165) is 21.2 Å². The highest BCUT2D eigenvalue weighted by Gasteiger charge is 2.21. The molecule has 1 aromatic rings. The highest BCUT2D eigenvalue weighted by atomic mass is 16.5. The molecule has 0 unspecified atom stereocenters. The van der Waals surface area contributed by atoms with E-state index in [0.29, 0.717) is 24.5 Å². The average molecular weight is 384 g/mol. The number of fused-ring (bicyclic) bond motifs is 2. The Bertz CT molecular complexity index is 1140. The number of rotatable bonds is 6. The molecule has 0 saturated carbocycles. The summed E-state index contributed by atoms with van der Waals surface area (Å²) in [6.07, 6.45) is 0. The van der Waals surface area contributed by atoms with Gasteiger partial charge in [0.1, 0.15) is 0 Å². The fraction of sp³-hybridized carbons (Fsp3) is 0.421. The van der Waals surface area contributed by atoms with Gasteiger partial charge < -0.3 is 15.0 Å². The second-order valence-corrected chi connectivity index (χ2v) is 6.73. The quantitative estimate of drug-likeness (QED) is 0.380. The van der Waals surface area contributed by atoms with Gasteiger partial charge in [0.05, 0.1) is 36.6 Å². The highest BCUT2D eigenvalue weighted by molar-refractivity contribution is 5.81. The molecule has 2 aliphatic rings. The molecular formula is C19H24N6O3. The average Bonchev–Trinajstić information content (AvgIpc) is 2.63. The molecule has 0 aromatic heterocycles. The van der Waals surface area contributed by atoms with Crippen LogP contribution in [0.1, 0.15) is 18.1 Å². The summed E-state index contributed by atoms with van der Waals surface area (Å²) in [7, 11) is 1.60. The van der Waals surface area contributed by atoms with E-state index in [9.17, 15) is 9.59 Å². The molecule has 1 aromatic carbocycles. The minimum absolute atomic E-state index is 0.0971. The fourth-order valence-corrected chi connectivity index (χ4v) is 3.06. The molecule has 0 spiro atoms. The lowest BCUT2D eigenvalue weighted by atomic mass is 10.1. The number of aromatic nitrogens is 4. The van der Waals surface area contributed by atoms with Crippen molar-refractivity contribution in [2.45, 2.75) is 33.9 Å². The van der Waals surface area contributed by atoms with E-state index < -0.39 is 11.2 Å². The van der Waals surface area contributed by atoms with E-state index in [2.05, 4.69) is 15.0 Å². The summed E-state index contributed by atoms with van der Waals surface area (Å²) in [6.45, 7) is 6.82. The SMILES string of the molecule is COCCn1c2nc(=O)n(CCN=C(C)N)c(=O)c-2nc2cc(C)c(C)cc21. The van der Waals surface area contributed by atoms with E-state index in [4.69, 9.17) is 10.5 Å². The molecule has 0 saturated heterocycles. The lowest BCUT2D eigenvalue weighted by Crippen LogP contribution is -2.39. The summed E-state index contributed by atoms with van der Waals surface area (Å²) >= 11 is 0. The molecule has 2 heterocycles. The first-order chi connectivity index (χ1) is 13.3. The zero-order valence-corrected chi connectivity index (χ0v) is 16.5. The van der Waals surface area contributed by atoms with E-state index in [1.807, 2.05) is 30.5 Å². The van der Waals surface area contributed by atoms with Crippen LogP contribution in [0.15, 0.2) is 26.7 Å². The van der Waals surface area contributed by atoms with Gasteiger partial charge in [0.15, 0.2) is 11.5 Å². The number of methoxy groups -OCH3 is 1. The molecular weight excluding hydrogens is 360 g/mol. The van der Waals surface area contributed by atoms with Gasteiger partial charge in [0.2, 0.25) is 0 Å². The number of nitrogens with zero attached hydrogens (tertiary/aromatic N) is 5. The summed E-state index contributed by atoms with van der Waals surface area (Å²) in [4.78, 5) is 38.2. The Labute approximate surface area is 161 Å². The third-order valence-electron chi connectivity index (χ3n) is 4.67. The van der Waals surface area contributed by atoms with Crippen molar-refractivity contribution in [2.75, 3.05) is 20.3 Å². The summed E-state index contributed by atoms with van der Waals surface area (Å²) in [6, 6.07) is 3.92. The second-order valence-electron chi connectivity index (χ2n) is 6.73. The monoisotopic (exact) mass is 384 g/mol. The van der Waals surface area contributed by atoms with Gasteiger partial charge in [-0.15, -0.1) is 0 Å². The number of aryl methyl sites for hydroxylation is 2. The minimum atomic E-state index is -0.626. The van der Waals surface area contributed by atoms with Crippen molar-refractivity contribution in [1.82, 2.24) is 19.1 Å². The van der Waals surface area contributed by atoms with Crippen LogP contribution >= 0.6 is 0 Å². The first kappa shape index (κ1) is 19.7. The van der Waals surface area contributed by atoms with Crippen molar-refractivity contribution >= 4 is 16.9 Å². The predicted octanol–water partition coefficient (Wildman–Crippen LogP) is 0.698. The number of hydrogen-bond acceptors (Lipinski definition) is 6. The molecule has 0 fully saturated rings. The lowest BCUT2D eigenvalue weighted by Gasteiger charge is -2.18. The Morgan fingerprint density at radius 3 is 2.54 bits per heavy atom. The number of aliphatic imine (C=N–C) groups is 1. The van der Waals surface area contributed by atoms with E-state index in [1.54, 1.807) is 14.0 Å². The van der Waals surface area contributed by atoms with Crippen LogP contribution in [0.2, 0.25) is 0 Å². The molecule has 9 nitrogen and oxygen atoms in total. The predicted molar refractivity (Wildman–Crippen MR) is 108 cm³/mol. The minimum Gasteiger partial charge on any atom is -0.388 e. The smallest absolute Gasteiger partial charge is 0.352 e. The number of amidine groups is 1. The summed E-state index contributed by atoms with van der Waals surface area (Å²) in [5.74, 6) is 0.652. The molecule has 0 bridgehead atoms. The highest BCUT2D eigenvalue weighted by Crippen LogP contribution is 2.23. The van der Waals surface area contributed by atoms with Crippen molar-refractivity contribution < 1.29 is 4.74 Å². The number of hydrogen-bond donors (Lipinski definition) is 1. The zero-order valence-electron chi connectivity index (χ0n) is 16.5. The summed E-state index contributed by atoms with van der Waals surface area (Å²) in [5, 5.41) is 0. The lowest BCUT2D eigenvalue weighted by molar-refractivity contribution is 0.188. The standard InChI is InChI=1S/C19H24N6O3/c1-11-9-14-15(10-12(11)2)24(7-8-28-4)17-16(22-14)18(26)25(19(27)23-17)6-5-21-13(3)20/h9-10H,5-8H2,1-4H3,(H2,20,21).